The van der Waals surface area contributed by atoms with Gasteiger partial charge in [0.1, 0.15) is 23.4 Å². The van der Waals surface area contributed by atoms with Crippen molar-refractivity contribution in [1.82, 2.24) is 25.2 Å². The van der Waals surface area contributed by atoms with Crippen LogP contribution in [-0.4, -0.2) is 33.6 Å². The third-order valence-electron chi connectivity index (χ3n) is 4.49. The number of aromatic nitrogens is 2. The second-order valence-corrected chi connectivity index (χ2v) is 7.26. The molecule has 158 valence electrons. The molecule has 0 fully saturated rings. The van der Waals surface area contributed by atoms with Crippen LogP contribution in [0.15, 0.2) is 60.7 Å². The monoisotopic (exact) mass is 411 g/mol. The van der Waals surface area contributed by atoms with Crippen LogP contribution < -0.4 is 22.2 Å². The normalized spacial score (nSPS) is 16.6. The van der Waals surface area contributed by atoms with Gasteiger partial charge in [0.2, 0.25) is 0 Å². The Morgan fingerprint density at radius 1 is 1.37 bits per heavy atom. The second-order valence-electron chi connectivity index (χ2n) is 7.26. The largest absolute Gasteiger partial charge is 0.396 e. The Labute approximate surface area is 174 Å². The molecule has 1 aromatic heterocycles. The predicted octanol–water partition coefficient (Wildman–Crippen LogP) is 1.68. The minimum atomic E-state index is -0.442. The summed E-state index contributed by atoms with van der Waals surface area (Å²) in [5.74, 6) is 5.39. The first-order chi connectivity index (χ1) is 14.3. The number of benzene rings is 1. The Morgan fingerprint density at radius 3 is 2.70 bits per heavy atom. The standard InChI is InChI=1S/C21H26FN7O/c1-13(2)27-21(30)14-8-9-18(25-10-14)29-11-17(26-12-29)20(28(3)24)19(23)15-6-4-5-7-16(15)22/h4-13,18,25H,23-24H2,1-3H3,(H,27,30)/b20-19-. The molecular formula is C21H26FN7O. The summed E-state index contributed by atoms with van der Waals surface area (Å²) < 4.78 is 16.0. The summed E-state index contributed by atoms with van der Waals surface area (Å²) in [7, 11) is 1.61. The number of hydrogen-bond donors (Lipinski definition) is 4. The Balaban J connectivity index is 1.84. The van der Waals surface area contributed by atoms with Gasteiger partial charge in [0, 0.05) is 31.0 Å². The van der Waals surface area contributed by atoms with E-state index in [0.717, 1.165) is 0 Å². The lowest BCUT2D eigenvalue weighted by Crippen LogP contribution is -2.33. The number of rotatable bonds is 6. The van der Waals surface area contributed by atoms with Gasteiger partial charge in [0.15, 0.2) is 0 Å². The molecule has 1 atom stereocenters. The second kappa shape index (κ2) is 8.83. The number of dihydropyridines is 1. The van der Waals surface area contributed by atoms with Gasteiger partial charge >= 0.3 is 0 Å². The van der Waals surface area contributed by atoms with Gasteiger partial charge in [0.25, 0.3) is 5.91 Å². The van der Waals surface area contributed by atoms with E-state index in [-0.39, 0.29) is 29.4 Å². The maximum atomic E-state index is 14.2. The Kier molecular flexibility index (Phi) is 6.22. The molecule has 1 aromatic carbocycles. The summed E-state index contributed by atoms with van der Waals surface area (Å²) in [4.78, 5) is 16.5. The number of hydrogen-bond acceptors (Lipinski definition) is 6. The number of nitrogens with one attached hydrogen (secondary N) is 2. The first kappa shape index (κ1) is 21.1. The summed E-state index contributed by atoms with van der Waals surface area (Å²) in [6.07, 6.45) is 8.36. The van der Waals surface area contributed by atoms with Crippen LogP contribution in [0.25, 0.3) is 11.4 Å². The molecule has 0 radical (unpaired) electrons. The smallest absolute Gasteiger partial charge is 0.252 e. The van der Waals surface area contributed by atoms with Crippen molar-refractivity contribution in [1.29, 1.82) is 0 Å². The van der Waals surface area contributed by atoms with Crippen molar-refractivity contribution in [3.63, 3.8) is 0 Å². The van der Waals surface area contributed by atoms with E-state index < -0.39 is 5.82 Å². The fourth-order valence-corrected chi connectivity index (χ4v) is 3.07. The van der Waals surface area contributed by atoms with Gasteiger partial charge in [-0.05, 0) is 38.1 Å². The Hall–Kier alpha value is -3.59. The fraction of sp³-hybridized carbons (Fsp3) is 0.238. The zero-order valence-electron chi connectivity index (χ0n) is 17.1. The molecule has 0 bridgehead atoms. The zero-order valence-corrected chi connectivity index (χ0v) is 17.1. The van der Waals surface area contributed by atoms with Gasteiger partial charge < -0.3 is 25.9 Å². The first-order valence-electron chi connectivity index (χ1n) is 9.50. The summed E-state index contributed by atoms with van der Waals surface area (Å²) >= 11 is 0. The van der Waals surface area contributed by atoms with E-state index >= 15 is 0 Å². The summed E-state index contributed by atoms with van der Waals surface area (Å²) in [5, 5.41) is 7.31. The van der Waals surface area contributed by atoms with Crippen molar-refractivity contribution >= 4 is 17.3 Å². The molecule has 30 heavy (non-hydrogen) atoms. The van der Waals surface area contributed by atoms with Crippen molar-refractivity contribution < 1.29 is 9.18 Å². The molecule has 0 saturated carbocycles. The van der Waals surface area contributed by atoms with Crippen LogP contribution in [0.2, 0.25) is 0 Å². The number of carbonyl (C=O) groups excluding carboxylic acids is 1. The van der Waals surface area contributed by atoms with E-state index in [1.807, 2.05) is 19.9 Å². The SMILES string of the molecule is CC(C)NC(=O)C1=CNC(n2cnc(/C(=C(/N)c3ccccc3F)N(C)N)c2)C=C1. The average molecular weight is 411 g/mol. The number of nitrogens with two attached hydrogens (primary N) is 2. The van der Waals surface area contributed by atoms with Crippen LogP contribution in [0.1, 0.15) is 31.3 Å². The van der Waals surface area contributed by atoms with Gasteiger partial charge in [-0.2, -0.15) is 0 Å². The van der Waals surface area contributed by atoms with Crippen molar-refractivity contribution in [2.45, 2.75) is 26.1 Å². The van der Waals surface area contributed by atoms with Crippen LogP contribution in [0.5, 0.6) is 0 Å². The minimum Gasteiger partial charge on any atom is -0.396 e. The van der Waals surface area contributed by atoms with Crippen LogP contribution in [-0.2, 0) is 4.79 Å². The zero-order chi connectivity index (χ0) is 21.8. The molecule has 0 saturated heterocycles. The minimum absolute atomic E-state index is 0.0547. The van der Waals surface area contributed by atoms with E-state index in [1.54, 1.807) is 54.6 Å². The first-order valence-corrected chi connectivity index (χ1v) is 9.50. The molecule has 1 aliphatic heterocycles. The number of halogens is 1. The maximum Gasteiger partial charge on any atom is 0.252 e. The van der Waals surface area contributed by atoms with Crippen LogP contribution >= 0.6 is 0 Å². The fourth-order valence-electron chi connectivity index (χ4n) is 3.07. The highest BCUT2D eigenvalue weighted by molar-refractivity contribution is 5.96. The van der Waals surface area contributed by atoms with Crippen LogP contribution in [0.4, 0.5) is 4.39 Å². The lowest BCUT2D eigenvalue weighted by molar-refractivity contribution is -0.117. The van der Waals surface area contributed by atoms with Crippen molar-refractivity contribution in [2.75, 3.05) is 7.05 Å². The van der Waals surface area contributed by atoms with Crippen molar-refractivity contribution in [3.8, 4) is 0 Å². The van der Waals surface area contributed by atoms with Gasteiger partial charge in [-0.25, -0.2) is 15.2 Å². The molecule has 2 aromatic rings. The molecule has 3 rings (SSSR count). The number of imidazole rings is 1. The molecule has 0 aliphatic carbocycles. The van der Waals surface area contributed by atoms with E-state index in [2.05, 4.69) is 15.6 Å². The number of amides is 1. The summed E-state index contributed by atoms with van der Waals surface area (Å²) in [6, 6.07) is 6.28. The van der Waals surface area contributed by atoms with Crippen LogP contribution in [0, 0.1) is 5.82 Å². The maximum absolute atomic E-state index is 14.2. The molecule has 1 amide bonds. The molecule has 1 unspecified atom stereocenters. The van der Waals surface area contributed by atoms with Gasteiger partial charge in [-0.15, -0.1) is 0 Å². The Bertz CT molecular complexity index is 1020. The molecule has 9 heteroatoms. The summed E-state index contributed by atoms with van der Waals surface area (Å²) in [6.45, 7) is 3.81. The van der Waals surface area contributed by atoms with Gasteiger partial charge in [-0.1, -0.05) is 12.1 Å². The average Bonchev–Trinajstić information content (AvgIpc) is 3.17. The van der Waals surface area contributed by atoms with Crippen molar-refractivity contribution in [3.05, 3.63) is 77.8 Å². The molecular weight excluding hydrogens is 385 g/mol. The predicted molar refractivity (Wildman–Crippen MR) is 114 cm³/mol. The van der Waals surface area contributed by atoms with E-state index in [1.165, 1.54) is 11.1 Å². The van der Waals surface area contributed by atoms with E-state index in [4.69, 9.17) is 11.6 Å². The highest BCUT2D eigenvalue weighted by atomic mass is 19.1. The third-order valence-corrected chi connectivity index (χ3v) is 4.49. The lowest BCUT2D eigenvalue weighted by Gasteiger charge is -2.21. The Morgan fingerprint density at radius 2 is 2.10 bits per heavy atom. The molecule has 0 spiro atoms. The molecule has 8 nitrogen and oxygen atoms in total. The highest BCUT2D eigenvalue weighted by Gasteiger charge is 2.19. The topological polar surface area (TPSA) is 114 Å². The van der Waals surface area contributed by atoms with Gasteiger partial charge in [0.05, 0.1) is 17.6 Å². The van der Waals surface area contributed by atoms with E-state index in [9.17, 15) is 9.18 Å². The quantitative estimate of drug-likeness (QED) is 0.425. The van der Waals surface area contributed by atoms with E-state index in [0.29, 0.717) is 17.0 Å². The highest BCUT2D eigenvalue weighted by Crippen LogP contribution is 2.25. The van der Waals surface area contributed by atoms with Crippen molar-refractivity contribution in [2.24, 2.45) is 11.6 Å². The van der Waals surface area contributed by atoms with Crippen LogP contribution in [0.3, 0.4) is 0 Å². The number of carbonyl (C=O) groups is 1. The molecule has 2 heterocycles. The summed E-state index contributed by atoms with van der Waals surface area (Å²) in [5.41, 5.74) is 8.09. The van der Waals surface area contributed by atoms with Gasteiger partial charge in [-0.3, -0.25) is 4.79 Å². The number of nitrogens with zero attached hydrogens (tertiary/aromatic N) is 3. The molecule has 1 aliphatic rings. The molecule has 6 N–H and O–H groups in total. The lowest BCUT2D eigenvalue weighted by atomic mass is 10.1. The third kappa shape index (κ3) is 4.52. The number of hydrazine groups is 1.